The van der Waals surface area contributed by atoms with E-state index in [2.05, 4.69) is 0 Å². The third-order valence-corrected chi connectivity index (χ3v) is 1.55. The molecule has 0 spiro atoms. The van der Waals surface area contributed by atoms with Gasteiger partial charge in [0.15, 0.2) is 0 Å². The van der Waals surface area contributed by atoms with E-state index in [1.54, 1.807) is 11.9 Å². The predicted octanol–water partition coefficient (Wildman–Crippen LogP) is 1.87. The second kappa shape index (κ2) is 5.42. The van der Waals surface area contributed by atoms with Gasteiger partial charge in [0.2, 0.25) is 5.91 Å². The van der Waals surface area contributed by atoms with E-state index in [9.17, 15) is 4.79 Å². The summed E-state index contributed by atoms with van der Waals surface area (Å²) in [5.74, 6) is 0.181. The lowest BCUT2D eigenvalue weighted by atomic mass is 10.3. The fourth-order valence-electron chi connectivity index (χ4n) is 0.884. The van der Waals surface area contributed by atoms with E-state index < -0.39 is 0 Å². The molecular formula is C8H16ClNO. The standard InChI is InChI=1S/C8H16ClNO/c1-4-5-8(11)10(3)6-7(2)9/h7H,4-6H2,1-3H3. The molecule has 0 radical (unpaired) electrons. The Bertz CT molecular complexity index is 125. The molecule has 1 unspecified atom stereocenters. The summed E-state index contributed by atoms with van der Waals surface area (Å²) in [4.78, 5) is 12.8. The monoisotopic (exact) mass is 177 g/mol. The minimum atomic E-state index is 0.0424. The summed E-state index contributed by atoms with van der Waals surface area (Å²) in [6, 6.07) is 0. The molecule has 0 saturated carbocycles. The Morgan fingerprint density at radius 3 is 2.55 bits per heavy atom. The van der Waals surface area contributed by atoms with E-state index in [1.165, 1.54) is 0 Å². The highest BCUT2D eigenvalue weighted by molar-refractivity contribution is 6.20. The molecule has 66 valence electrons. The minimum absolute atomic E-state index is 0.0424. The van der Waals surface area contributed by atoms with Crippen LogP contribution in [0.4, 0.5) is 0 Å². The number of halogens is 1. The smallest absolute Gasteiger partial charge is 0.222 e. The van der Waals surface area contributed by atoms with E-state index in [1.807, 2.05) is 13.8 Å². The second-order valence-corrected chi connectivity index (χ2v) is 3.55. The molecule has 0 bridgehead atoms. The maximum absolute atomic E-state index is 11.1. The lowest BCUT2D eigenvalue weighted by Crippen LogP contribution is -2.30. The van der Waals surface area contributed by atoms with Gasteiger partial charge in [0.05, 0.1) is 0 Å². The molecule has 0 aromatic heterocycles. The second-order valence-electron chi connectivity index (χ2n) is 2.81. The van der Waals surface area contributed by atoms with Crippen molar-refractivity contribution in [3.63, 3.8) is 0 Å². The topological polar surface area (TPSA) is 20.3 Å². The van der Waals surface area contributed by atoms with Crippen molar-refractivity contribution in [3.05, 3.63) is 0 Å². The van der Waals surface area contributed by atoms with Gasteiger partial charge >= 0.3 is 0 Å². The van der Waals surface area contributed by atoms with Crippen LogP contribution in [0.25, 0.3) is 0 Å². The molecule has 0 aromatic rings. The van der Waals surface area contributed by atoms with E-state index >= 15 is 0 Å². The van der Waals surface area contributed by atoms with Crippen LogP contribution >= 0.6 is 11.6 Å². The Balaban J connectivity index is 3.64. The molecule has 0 rings (SSSR count). The first-order valence-corrected chi connectivity index (χ1v) is 4.39. The molecule has 0 aliphatic carbocycles. The van der Waals surface area contributed by atoms with Crippen LogP contribution in [0, 0.1) is 0 Å². The summed E-state index contributed by atoms with van der Waals surface area (Å²) in [5, 5.41) is 0.0424. The third kappa shape index (κ3) is 5.08. The first kappa shape index (κ1) is 10.8. The number of amides is 1. The number of nitrogens with zero attached hydrogens (tertiary/aromatic N) is 1. The fraction of sp³-hybridized carbons (Fsp3) is 0.875. The Hall–Kier alpha value is -0.240. The first-order chi connectivity index (χ1) is 5.07. The summed E-state index contributed by atoms with van der Waals surface area (Å²) in [6.45, 7) is 4.52. The minimum Gasteiger partial charge on any atom is -0.344 e. The molecule has 1 amide bonds. The molecule has 0 fully saturated rings. The van der Waals surface area contributed by atoms with Gasteiger partial charge < -0.3 is 4.90 Å². The van der Waals surface area contributed by atoms with Gasteiger partial charge in [0.1, 0.15) is 0 Å². The van der Waals surface area contributed by atoms with Gasteiger partial charge in [-0.1, -0.05) is 6.92 Å². The van der Waals surface area contributed by atoms with Crippen LogP contribution in [0.1, 0.15) is 26.7 Å². The average molecular weight is 178 g/mol. The molecule has 0 aliphatic heterocycles. The summed E-state index contributed by atoms with van der Waals surface area (Å²) < 4.78 is 0. The number of hydrogen-bond acceptors (Lipinski definition) is 1. The number of hydrogen-bond donors (Lipinski definition) is 0. The van der Waals surface area contributed by atoms with E-state index in [4.69, 9.17) is 11.6 Å². The Labute approximate surface area is 73.5 Å². The quantitative estimate of drug-likeness (QED) is 0.601. The zero-order valence-electron chi connectivity index (χ0n) is 7.43. The Morgan fingerprint density at radius 1 is 1.64 bits per heavy atom. The number of carbonyl (C=O) groups is 1. The van der Waals surface area contributed by atoms with Crippen molar-refractivity contribution in [2.24, 2.45) is 0 Å². The maximum Gasteiger partial charge on any atom is 0.222 e. The normalized spacial score (nSPS) is 12.7. The summed E-state index contributed by atoms with van der Waals surface area (Å²) in [7, 11) is 1.79. The van der Waals surface area contributed by atoms with Crippen molar-refractivity contribution in [1.29, 1.82) is 0 Å². The molecule has 2 nitrogen and oxygen atoms in total. The Morgan fingerprint density at radius 2 is 2.18 bits per heavy atom. The van der Waals surface area contributed by atoms with Gasteiger partial charge in [-0.3, -0.25) is 4.79 Å². The lowest BCUT2D eigenvalue weighted by molar-refractivity contribution is -0.129. The number of rotatable bonds is 4. The summed E-state index contributed by atoms with van der Waals surface area (Å²) >= 11 is 5.72. The molecule has 0 N–H and O–H groups in total. The molecular weight excluding hydrogens is 162 g/mol. The average Bonchev–Trinajstić information content (AvgIpc) is 1.86. The summed E-state index contributed by atoms with van der Waals surface area (Å²) in [6.07, 6.45) is 1.53. The van der Waals surface area contributed by atoms with Crippen molar-refractivity contribution in [2.75, 3.05) is 13.6 Å². The van der Waals surface area contributed by atoms with Crippen LogP contribution in [-0.2, 0) is 4.79 Å². The zero-order chi connectivity index (χ0) is 8.85. The largest absolute Gasteiger partial charge is 0.344 e. The van der Waals surface area contributed by atoms with Crippen LogP contribution in [0.3, 0.4) is 0 Å². The van der Waals surface area contributed by atoms with E-state index in [0.717, 1.165) is 6.42 Å². The predicted molar refractivity (Wildman–Crippen MR) is 47.9 cm³/mol. The molecule has 0 aliphatic rings. The van der Waals surface area contributed by atoms with Crippen molar-refractivity contribution >= 4 is 17.5 Å². The van der Waals surface area contributed by atoms with E-state index in [-0.39, 0.29) is 11.3 Å². The van der Waals surface area contributed by atoms with E-state index in [0.29, 0.717) is 13.0 Å². The molecule has 0 saturated heterocycles. The van der Waals surface area contributed by atoms with Gasteiger partial charge in [-0.2, -0.15) is 0 Å². The fourth-order valence-corrected chi connectivity index (χ4v) is 1.09. The summed E-state index contributed by atoms with van der Waals surface area (Å²) in [5.41, 5.74) is 0. The van der Waals surface area contributed by atoms with Crippen LogP contribution in [-0.4, -0.2) is 29.8 Å². The van der Waals surface area contributed by atoms with Crippen LogP contribution in [0.5, 0.6) is 0 Å². The van der Waals surface area contributed by atoms with Gasteiger partial charge in [-0.25, -0.2) is 0 Å². The molecule has 0 heterocycles. The van der Waals surface area contributed by atoms with Crippen LogP contribution < -0.4 is 0 Å². The highest BCUT2D eigenvalue weighted by Gasteiger charge is 2.08. The van der Waals surface area contributed by atoms with Gasteiger partial charge in [-0.15, -0.1) is 11.6 Å². The van der Waals surface area contributed by atoms with Gasteiger partial charge in [-0.05, 0) is 13.3 Å². The highest BCUT2D eigenvalue weighted by atomic mass is 35.5. The maximum atomic E-state index is 11.1. The Kier molecular flexibility index (Phi) is 5.30. The van der Waals surface area contributed by atoms with Crippen molar-refractivity contribution in [2.45, 2.75) is 32.1 Å². The first-order valence-electron chi connectivity index (χ1n) is 3.96. The molecule has 11 heavy (non-hydrogen) atoms. The van der Waals surface area contributed by atoms with Crippen molar-refractivity contribution in [1.82, 2.24) is 4.90 Å². The zero-order valence-corrected chi connectivity index (χ0v) is 8.19. The van der Waals surface area contributed by atoms with Crippen molar-refractivity contribution in [3.8, 4) is 0 Å². The van der Waals surface area contributed by atoms with Crippen LogP contribution in [0.2, 0.25) is 0 Å². The van der Waals surface area contributed by atoms with Crippen molar-refractivity contribution < 1.29 is 4.79 Å². The third-order valence-electron chi connectivity index (χ3n) is 1.42. The highest BCUT2D eigenvalue weighted by Crippen LogP contribution is 2.00. The molecule has 3 heteroatoms. The lowest BCUT2D eigenvalue weighted by Gasteiger charge is -2.17. The number of alkyl halides is 1. The van der Waals surface area contributed by atoms with Gasteiger partial charge in [0.25, 0.3) is 0 Å². The SMILES string of the molecule is CCCC(=O)N(C)CC(C)Cl. The van der Waals surface area contributed by atoms with Crippen LogP contribution in [0.15, 0.2) is 0 Å². The number of carbonyl (C=O) groups excluding carboxylic acids is 1. The van der Waals surface area contributed by atoms with Gasteiger partial charge in [0, 0.05) is 25.4 Å². The molecule has 0 aromatic carbocycles. The molecule has 1 atom stereocenters.